The Hall–Kier alpha value is -2.85. The van der Waals surface area contributed by atoms with Crippen LogP contribution in [0.25, 0.3) is 5.70 Å². The Morgan fingerprint density at radius 2 is 2.00 bits per heavy atom. The monoisotopic (exact) mass is 443 g/mol. The zero-order valence-electron chi connectivity index (χ0n) is 18.8. The number of pyridine rings is 1. The van der Waals surface area contributed by atoms with Gasteiger partial charge in [0.2, 0.25) is 0 Å². The van der Waals surface area contributed by atoms with E-state index < -0.39 is 0 Å². The van der Waals surface area contributed by atoms with Crippen LogP contribution in [0.15, 0.2) is 22.4 Å². The SMILES string of the molecule is Cc1nc(/C(N)=C(\CNc2noc(C3CCCO3)n2)N(C)N)ccc1OC1CCCCC1. The average Bonchev–Trinajstić information content (AvgIpc) is 3.47. The molecule has 1 atom stereocenters. The van der Waals surface area contributed by atoms with Crippen molar-refractivity contribution in [2.75, 3.05) is 25.5 Å². The van der Waals surface area contributed by atoms with Gasteiger partial charge in [0.15, 0.2) is 0 Å². The molecular formula is C22H33N7O3. The molecule has 1 aliphatic heterocycles. The third-order valence-corrected chi connectivity index (χ3v) is 5.96. The van der Waals surface area contributed by atoms with Crippen LogP contribution >= 0.6 is 0 Å². The summed E-state index contributed by atoms with van der Waals surface area (Å²) < 4.78 is 17.1. The van der Waals surface area contributed by atoms with Crippen molar-refractivity contribution in [1.29, 1.82) is 0 Å². The van der Waals surface area contributed by atoms with Gasteiger partial charge >= 0.3 is 0 Å². The Morgan fingerprint density at radius 3 is 2.69 bits per heavy atom. The second-order valence-corrected chi connectivity index (χ2v) is 8.44. The first-order chi connectivity index (χ1) is 15.5. The van der Waals surface area contributed by atoms with Gasteiger partial charge in [-0.1, -0.05) is 6.42 Å². The Bertz CT molecular complexity index is 931. The Kier molecular flexibility index (Phi) is 7.11. The van der Waals surface area contributed by atoms with E-state index in [0.29, 0.717) is 42.1 Å². The summed E-state index contributed by atoms with van der Waals surface area (Å²) in [5.74, 6) is 7.71. The van der Waals surface area contributed by atoms with E-state index in [1.54, 1.807) is 7.05 Å². The molecule has 5 N–H and O–H groups in total. The van der Waals surface area contributed by atoms with Crippen molar-refractivity contribution in [3.05, 3.63) is 35.1 Å². The minimum Gasteiger partial charge on any atom is -0.489 e. The standard InChI is InChI=1S/C22H33N7O3/c1-14-18(31-15-7-4-3-5-8-15)11-10-16(26-14)20(23)17(29(2)24)13-25-22-27-21(32-28-22)19-9-6-12-30-19/h10-11,15,19H,3-9,12-13,23-24H2,1-2H3,(H,25,28)/b20-17-. The number of nitrogens with one attached hydrogen (secondary N) is 1. The molecule has 1 saturated carbocycles. The van der Waals surface area contributed by atoms with Gasteiger partial charge in [-0.2, -0.15) is 4.98 Å². The van der Waals surface area contributed by atoms with E-state index in [1.165, 1.54) is 24.3 Å². The number of rotatable bonds is 8. The molecule has 1 saturated heterocycles. The van der Waals surface area contributed by atoms with Crippen LogP contribution in [0, 0.1) is 6.92 Å². The minimum atomic E-state index is -0.128. The Morgan fingerprint density at radius 1 is 1.19 bits per heavy atom. The van der Waals surface area contributed by atoms with Gasteiger partial charge in [0.05, 0.1) is 35.4 Å². The summed E-state index contributed by atoms with van der Waals surface area (Å²) in [4.78, 5) is 9.04. The van der Waals surface area contributed by atoms with Gasteiger partial charge in [-0.3, -0.25) is 0 Å². The summed E-state index contributed by atoms with van der Waals surface area (Å²) >= 11 is 0. The van der Waals surface area contributed by atoms with E-state index in [-0.39, 0.29) is 12.2 Å². The van der Waals surface area contributed by atoms with E-state index in [9.17, 15) is 0 Å². The fourth-order valence-electron chi connectivity index (χ4n) is 4.12. The van der Waals surface area contributed by atoms with Crippen LogP contribution in [-0.2, 0) is 4.74 Å². The smallest absolute Gasteiger partial charge is 0.263 e. The molecule has 2 aliphatic rings. The van der Waals surface area contributed by atoms with Gasteiger partial charge in [0.1, 0.15) is 11.9 Å². The summed E-state index contributed by atoms with van der Waals surface area (Å²) in [5.41, 5.74) is 9.01. The highest BCUT2D eigenvalue weighted by molar-refractivity contribution is 5.64. The van der Waals surface area contributed by atoms with Crippen molar-refractivity contribution in [3.8, 4) is 5.75 Å². The third-order valence-electron chi connectivity index (χ3n) is 5.96. The quantitative estimate of drug-likeness (QED) is 0.412. The molecule has 0 radical (unpaired) electrons. The van der Waals surface area contributed by atoms with Gasteiger partial charge < -0.3 is 30.1 Å². The Labute approximate surface area is 188 Å². The van der Waals surface area contributed by atoms with Crippen LogP contribution < -0.4 is 21.6 Å². The first-order valence-corrected chi connectivity index (χ1v) is 11.3. The summed E-state index contributed by atoms with van der Waals surface area (Å²) in [7, 11) is 1.73. The topological polar surface area (TPSA) is 138 Å². The largest absolute Gasteiger partial charge is 0.489 e. The van der Waals surface area contributed by atoms with Crippen molar-refractivity contribution in [3.63, 3.8) is 0 Å². The maximum atomic E-state index is 6.44. The van der Waals surface area contributed by atoms with Crippen LogP contribution in [0.2, 0.25) is 0 Å². The lowest BCUT2D eigenvalue weighted by Crippen LogP contribution is -2.32. The molecule has 174 valence electrons. The minimum absolute atomic E-state index is 0.128. The number of likely N-dealkylation sites (N-methyl/N-ethyl adjacent to an activating group) is 1. The summed E-state index contributed by atoms with van der Waals surface area (Å²) in [6.45, 7) is 2.96. The van der Waals surface area contributed by atoms with E-state index in [2.05, 4.69) is 20.4 Å². The number of nitrogens with zero attached hydrogens (tertiary/aromatic N) is 4. The van der Waals surface area contributed by atoms with E-state index in [1.807, 2.05) is 19.1 Å². The van der Waals surface area contributed by atoms with Crippen molar-refractivity contribution in [2.24, 2.45) is 11.6 Å². The van der Waals surface area contributed by atoms with Crippen molar-refractivity contribution >= 4 is 11.6 Å². The van der Waals surface area contributed by atoms with Crippen molar-refractivity contribution in [1.82, 2.24) is 20.1 Å². The molecule has 1 unspecified atom stereocenters. The number of aromatic nitrogens is 3. The van der Waals surface area contributed by atoms with Gasteiger partial charge in [-0.05, 0) is 62.7 Å². The number of hydrogen-bond acceptors (Lipinski definition) is 10. The van der Waals surface area contributed by atoms with Gasteiger partial charge in [0.25, 0.3) is 11.8 Å². The third kappa shape index (κ3) is 5.31. The molecule has 10 nitrogen and oxygen atoms in total. The molecule has 0 spiro atoms. The number of ether oxygens (including phenoxy) is 2. The van der Waals surface area contributed by atoms with Crippen LogP contribution in [0.4, 0.5) is 5.95 Å². The highest BCUT2D eigenvalue weighted by atomic mass is 16.5. The first kappa shape index (κ1) is 22.3. The number of hydrogen-bond donors (Lipinski definition) is 3. The lowest BCUT2D eigenvalue weighted by atomic mass is 9.98. The van der Waals surface area contributed by atoms with Crippen LogP contribution in [0.1, 0.15) is 68.3 Å². The normalized spacial score (nSPS) is 20.2. The van der Waals surface area contributed by atoms with Crippen LogP contribution in [0.5, 0.6) is 5.75 Å². The second kappa shape index (κ2) is 10.2. The molecule has 3 heterocycles. The molecule has 0 aromatic carbocycles. The molecule has 2 aromatic heterocycles. The van der Waals surface area contributed by atoms with E-state index >= 15 is 0 Å². The lowest BCUT2D eigenvalue weighted by molar-refractivity contribution is 0.0836. The molecule has 2 aromatic rings. The first-order valence-electron chi connectivity index (χ1n) is 11.3. The molecule has 2 fully saturated rings. The predicted molar refractivity (Wildman–Crippen MR) is 120 cm³/mol. The molecule has 1 aliphatic carbocycles. The zero-order chi connectivity index (χ0) is 22.5. The van der Waals surface area contributed by atoms with Gasteiger partial charge in [-0.25, -0.2) is 10.8 Å². The summed E-state index contributed by atoms with van der Waals surface area (Å²) in [5, 5.41) is 8.56. The van der Waals surface area contributed by atoms with Crippen LogP contribution in [0.3, 0.4) is 0 Å². The number of nitrogens with two attached hydrogens (primary N) is 2. The maximum absolute atomic E-state index is 6.44. The fourth-order valence-corrected chi connectivity index (χ4v) is 4.12. The fraction of sp³-hybridized carbons (Fsp3) is 0.591. The van der Waals surface area contributed by atoms with Gasteiger partial charge in [-0.15, -0.1) is 0 Å². The number of hydrazine groups is 1. The molecule has 4 rings (SSSR count). The van der Waals surface area contributed by atoms with Crippen molar-refractivity contribution < 1.29 is 14.0 Å². The van der Waals surface area contributed by atoms with Crippen molar-refractivity contribution in [2.45, 2.75) is 64.1 Å². The molecule has 0 amide bonds. The van der Waals surface area contributed by atoms with E-state index in [0.717, 1.165) is 37.1 Å². The van der Waals surface area contributed by atoms with Gasteiger partial charge in [0, 0.05) is 13.7 Å². The number of aryl methyl sites for hydroxylation is 1. The molecule has 10 heteroatoms. The van der Waals surface area contributed by atoms with E-state index in [4.69, 9.17) is 25.6 Å². The predicted octanol–water partition coefficient (Wildman–Crippen LogP) is 2.88. The Balaban J connectivity index is 1.44. The number of anilines is 1. The highest BCUT2D eigenvalue weighted by Gasteiger charge is 2.24. The molecule has 0 bridgehead atoms. The lowest BCUT2D eigenvalue weighted by Gasteiger charge is -2.24. The maximum Gasteiger partial charge on any atom is 0.263 e. The average molecular weight is 444 g/mol. The second-order valence-electron chi connectivity index (χ2n) is 8.44. The summed E-state index contributed by atoms with van der Waals surface area (Å²) in [6, 6.07) is 3.81. The zero-order valence-corrected chi connectivity index (χ0v) is 18.8. The molecular weight excluding hydrogens is 410 g/mol. The molecule has 32 heavy (non-hydrogen) atoms. The highest BCUT2D eigenvalue weighted by Crippen LogP contribution is 2.28. The van der Waals surface area contributed by atoms with Crippen LogP contribution in [-0.4, -0.2) is 46.4 Å². The summed E-state index contributed by atoms with van der Waals surface area (Å²) in [6.07, 6.45) is 7.96.